The lowest BCUT2D eigenvalue weighted by atomic mass is 9.89. The second kappa shape index (κ2) is 4.70. The summed E-state index contributed by atoms with van der Waals surface area (Å²) in [6, 6.07) is 11.9. The van der Waals surface area contributed by atoms with Crippen LogP contribution < -0.4 is 0 Å². The lowest BCUT2D eigenvalue weighted by Gasteiger charge is -2.14. The number of carbonyl (C=O) groups is 1. The number of aromatic nitrogens is 2. The van der Waals surface area contributed by atoms with Gasteiger partial charge in [0.25, 0.3) is 0 Å². The van der Waals surface area contributed by atoms with Crippen LogP contribution in [0.1, 0.15) is 28.0 Å². The minimum Gasteiger partial charge on any atom is -0.352 e. The molecule has 4 rings (SSSR count). The highest BCUT2D eigenvalue weighted by atomic mass is 16.1. The number of allylic oxidation sites excluding steroid dienone is 1. The van der Waals surface area contributed by atoms with Gasteiger partial charge in [0.1, 0.15) is 0 Å². The zero-order valence-electron chi connectivity index (χ0n) is 11.5. The van der Waals surface area contributed by atoms with Gasteiger partial charge in [-0.25, -0.2) is 0 Å². The van der Waals surface area contributed by atoms with Crippen LogP contribution in [0.2, 0.25) is 0 Å². The first kappa shape index (κ1) is 12.1. The number of rotatable bonds is 1. The van der Waals surface area contributed by atoms with Crippen molar-refractivity contribution in [2.45, 2.75) is 12.8 Å². The fourth-order valence-corrected chi connectivity index (χ4v) is 2.99. The van der Waals surface area contributed by atoms with Gasteiger partial charge in [0.05, 0.1) is 5.69 Å². The highest BCUT2D eigenvalue weighted by Crippen LogP contribution is 2.31. The molecule has 0 amide bonds. The van der Waals surface area contributed by atoms with E-state index < -0.39 is 0 Å². The number of para-hydroxylation sites is 1. The van der Waals surface area contributed by atoms with Gasteiger partial charge < -0.3 is 4.98 Å². The number of carbonyl (C=O) groups excluding carboxylic acids is 1. The van der Waals surface area contributed by atoms with Gasteiger partial charge >= 0.3 is 0 Å². The molecule has 0 unspecified atom stereocenters. The number of hydrogen-bond acceptors (Lipinski definition) is 2. The zero-order chi connectivity index (χ0) is 14.2. The molecule has 0 saturated carbocycles. The molecule has 1 N–H and O–H groups in total. The molecule has 0 aliphatic heterocycles. The first-order chi connectivity index (χ1) is 10.3. The number of hydrogen-bond donors (Lipinski definition) is 1. The number of fused-ring (bicyclic) bond motifs is 3. The average Bonchev–Trinajstić information content (AvgIpc) is 2.91. The van der Waals surface area contributed by atoms with Gasteiger partial charge in [-0.05, 0) is 42.2 Å². The molecule has 3 nitrogen and oxygen atoms in total. The Morgan fingerprint density at radius 3 is 2.86 bits per heavy atom. The lowest BCUT2D eigenvalue weighted by molar-refractivity contribution is 0.102. The third-order valence-electron chi connectivity index (χ3n) is 4.00. The Labute approximate surface area is 122 Å². The first-order valence-electron chi connectivity index (χ1n) is 7.08. The molecule has 1 aliphatic carbocycles. The van der Waals surface area contributed by atoms with E-state index in [1.807, 2.05) is 36.4 Å². The van der Waals surface area contributed by atoms with Crippen LogP contribution in [0.3, 0.4) is 0 Å². The number of Topliss-reactive ketones (excluding diaryl/α,β-unsaturated/α-hetero) is 1. The van der Waals surface area contributed by atoms with E-state index >= 15 is 0 Å². The number of H-pyrrole nitrogens is 1. The molecule has 21 heavy (non-hydrogen) atoms. The Hall–Kier alpha value is -2.68. The van der Waals surface area contributed by atoms with Crippen molar-refractivity contribution >= 4 is 22.8 Å². The van der Waals surface area contributed by atoms with Crippen LogP contribution in [-0.2, 0) is 6.42 Å². The van der Waals surface area contributed by atoms with E-state index in [1.54, 1.807) is 12.4 Å². The summed E-state index contributed by atoms with van der Waals surface area (Å²) >= 11 is 0. The van der Waals surface area contributed by atoms with Gasteiger partial charge in [0, 0.05) is 28.9 Å². The van der Waals surface area contributed by atoms with Gasteiger partial charge in [0.15, 0.2) is 0 Å². The van der Waals surface area contributed by atoms with Crippen molar-refractivity contribution in [3.8, 4) is 0 Å². The van der Waals surface area contributed by atoms with Gasteiger partial charge in [-0.15, -0.1) is 0 Å². The molecule has 2 aromatic heterocycles. The lowest BCUT2D eigenvalue weighted by Crippen LogP contribution is -2.13. The van der Waals surface area contributed by atoms with E-state index in [0.29, 0.717) is 0 Å². The van der Waals surface area contributed by atoms with Gasteiger partial charge in [-0.1, -0.05) is 24.3 Å². The summed E-state index contributed by atoms with van der Waals surface area (Å²) in [5.74, 6) is 0.108. The summed E-state index contributed by atoms with van der Waals surface area (Å²) in [5, 5.41) is 1.17. The maximum atomic E-state index is 12.7. The maximum Gasteiger partial charge on any atom is 0.205 e. The maximum absolute atomic E-state index is 12.7. The third-order valence-corrected chi connectivity index (χ3v) is 4.00. The summed E-state index contributed by atoms with van der Waals surface area (Å²) in [5.41, 5.74) is 4.76. The predicted molar refractivity (Wildman–Crippen MR) is 83.2 cm³/mol. The van der Waals surface area contributed by atoms with E-state index in [1.165, 1.54) is 5.39 Å². The number of pyridine rings is 1. The average molecular weight is 274 g/mol. The molecule has 1 aromatic carbocycles. The quantitative estimate of drug-likeness (QED) is 0.686. The first-order valence-corrected chi connectivity index (χ1v) is 7.08. The van der Waals surface area contributed by atoms with E-state index in [9.17, 15) is 4.79 Å². The van der Waals surface area contributed by atoms with E-state index in [4.69, 9.17) is 0 Å². The van der Waals surface area contributed by atoms with Crippen LogP contribution in [0.4, 0.5) is 0 Å². The highest BCUT2D eigenvalue weighted by molar-refractivity contribution is 6.14. The number of aryl methyl sites for hydroxylation is 1. The monoisotopic (exact) mass is 274 g/mol. The summed E-state index contributed by atoms with van der Waals surface area (Å²) in [6.45, 7) is 0. The van der Waals surface area contributed by atoms with Crippen molar-refractivity contribution in [2.24, 2.45) is 0 Å². The van der Waals surface area contributed by atoms with Crippen LogP contribution in [0.15, 0.2) is 54.4 Å². The zero-order valence-corrected chi connectivity index (χ0v) is 11.5. The Balaban J connectivity index is 1.80. The minimum absolute atomic E-state index is 0.108. The highest BCUT2D eigenvalue weighted by Gasteiger charge is 2.25. The minimum atomic E-state index is 0.108. The molecule has 2 heterocycles. The van der Waals surface area contributed by atoms with Crippen LogP contribution in [0, 0.1) is 0 Å². The topological polar surface area (TPSA) is 45.8 Å². The molecule has 0 saturated heterocycles. The van der Waals surface area contributed by atoms with Crippen molar-refractivity contribution in [3.63, 3.8) is 0 Å². The number of nitrogens with one attached hydrogen (secondary N) is 1. The van der Waals surface area contributed by atoms with E-state index in [0.717, 1.165) is 40.8 Å². The molecule has 0 radical (unpaired) electrons. The van der Waals surface area contributed by atoms with Crippen LogP contribution in [-0.4, -0.2) is 15.8 Å². The van der Waals surface area contributed by atoms with Crippen molar-refractivity contribution in [3.05, 3.63) is 71.2 Å². The normalized spacial score (nSPS) is 16.4. The molecule has 102 valence electrons. The van der Waals surface area contributed by atoms with Crippen molar-refractivity contribution in [1.29, 1.82) is 0 Å². The van der Waals surface area contributed by atoms with Crippen LogP contribution in [0.5, 0.6) is 0 Å². The third kappa shape index (κ3) is 1.98. The van der Waals surface area contributed by atoms with E-state index in [2.05, 4.69) is 16.0 Å². The number of nitrogens with zero attached hydrogens (tertiary/aromatic N) is 1. The van der Waals surface area contributed by atoms with Gasteiger partial charge in [0.2, 0.25) is 5.78 Å². The van der Waals surface area contributed by atoms with Gasteiger partial charge in [-0.2, -0.15) is 0 Å². The molecule has 0 bridgehead atoms. The number of ketones is 1. The van der Waals surface area contributed by atoms with Crippen molar-refractivity contribution in [2.75, 3.05) is 0 Å². The van der Waals surface area contributed by atoms with Gasteiger partial charge in [-0.3, -0.25) is 9.78 Å². The fraction of sp³-hybridized carbons (Fsp3) is 0.111. The SMILES string of the molecule is O=C1C(=Cc2cccnc2)CCc2c1[nH]c1ccccc21. The second-order valence-corrected chi connectivity index (χ2v) is 5.31. The smallest absolute Gasteiger partial charge is 0.205 e. The molecule has 0 fully saturated rings. The summed E-state index contributed by atoms with van der Waals surface area (Å²) < 4.78 is 0. The van der Waals surface area contributed by atoms with Crippen molar-refractivity contribution in [1.82, 2.24) is 9.97 Å². The summed E-state index contributed by atoms with van der Waals surface area (Å²) in [6.07, 6.45) is 7.14. The van der Waals surface area contributed by atoms with Crippen molar-refractivity contribution < 1.29 is 4.79 Å². The Morgan fingerprint density at radius 1 is 1.10 bits per heavy atom. The van der Waals surface area contributed by atoms with Crippen LogP contribution in [0.25, 0.3) is 17.0 Å². The molecule has 1 aliphatic rings. The molecular formula is C18H14N2O. The fourth-order valence-electron chi connectivity index (χ4n) is 2.99. The standard InChI is InChI=1S/C18H14N2O/c21-18-13(10-12-4-3-9-19-11-12)7-8-15-14-5-1-2-6-16(14)20-17(15)18/h1-6,9-11,20H,7-8H2. The summed E-state index contributed by atoms with van der Waals surface area (Å²) in [7, 11) is 0. The van der Waals surface area contributed by atoms with E-state index in [-0.39, 0.29) is 5.78 Å². The molecule has 0 atom stereocenters. The number of aromatic amines is 1. The largest absolute Gasteiger partial charge is 0.352 e. The summed E-state index contributed by atoms with van der Waals surface area (Å²) in [4.78, 5) is 20.0. The molecular weight excluding hydrogens is 260 g/mol. The Morgan fingerprint density at radius 2 is 2.00 bits per heavy atom. The Bertz CT molecular complexity index is 859. The number of benzene rings is 1. The Kier molecular flexibility index (Phi) is 2.71. The second-order valence-electron chi connectivity index (χ2n) is 5.31. The predicted octanol–water partition coefficient (Wildman–Crippen LogP) is 3.78. The molecule has 3 heteroatoms. The molecule has 3 aromatic rings. The molecule has 0 spiro atoms. The van der Waals surface area contributed by atoms with Crippen LogP contribution >= 0.6 is 0 Å².